The maximum atomic E-state index is 5.70. The molecule has 0 bridgehead atoms. The Labute approximate surface area is 174 Å². The van der Waals surface area contributed by atoms with E-state index >= 15 is 0 Å². The van der Waals surface area contributed by atoms with E-state index in [0.29, 0.717) is 26.4 Å². The van der Waals surface area contributed by atoms with E-state index < -0.39 is 0 Å². The van der Waals surface area contributed by atoms with Gasteiger partial charge in [0.05, 0.1) is 19.8 Å². The Morgan fingerprint density at radius 1 is 0.897 bits per heavy atom. The van der Waals surface area contributed by atoms with Gasteiger partial charge in [0.15, 0.2) is 17.5 Å². The van der Waals surface area contributed by atoms with Gasteiger partial charge in [0.2, 0.25) is 0 Å². The fourth-order valence-corrected chi connectivity index (χ4v) is 2.98. The summed E-state index contributed by atoms with van der Waals surface area (Å²) in [4.78, 5) is 4.30. The Morgan fingerprint density at radius 3 is 2.38 bits per heavy atom. The molecule has 2 aromatic carbocycles. The highest BCUT2D eigenvalue weighted by Crippen LogP contribution is 2.28. The number of methoxy groups -OCH3 is 1. The summed E-state index contributed by atoms with van der Waals surface area (Å²) in [5.74, 6) is 2.36. The van der Waals surface area contributed by atoms with E-state index in [1.54, 1.807) is 14.2 Å². The number of hydrogen-bond acceptors (Lipinski definition) is 4. The van der Waals surface area contributed by atoms with Crippen molar-refractivity contribution in [1.82, 2.24) is 10.6 Å². The van der Waals surface area contributed by atoms with Crippen molar-refractivity contribution in [3.8, 4) is 11.5 Å². The minimum absolute atomic E-state index is 0.615. The van der Waals surface area contributed by atoms with Crippen LogP contribution in [0.1, 0.15) is 30.5 Å². The standard InChI is InChI=1S/C23H33N3O3/c1-5-28-21-11-10-18(15-22(21)29-6-2)12-13-25-23(24-3)26-16-19-8-7-9-20(14-19)17-27-4/h7-11,14-15H,5-6,12-13,16-17H2,1-4H3,(H2,24,25,26). The van der Waals surface area contributed by atoms with Crippen LogP contribution in [0.3, 0.4) is 0 Å². The topological polar surface area (TPSA) is 64.1 Å². The van der Waals surface area contributed by atoms with Crippen LogP contribution in [0.15, 0.2) is 47.5 Å². The van der Waals surface area contributed by atoms with Gasteiger partial charge in [-0.2, -0.15) is 0 Å². The molecule has 0 amide bonds. The molecule has 0 unspecified atom stereocenters. The molecule has 2 N–H and O–H groups in total. The molecule has 0 fully saturated rings. The number of benzene rings is 2. The molecule has 158 valence electrons. The SMILES string of the molecule is CCOc1ccc(CCNC(=NC)NCc2cccc(COC)c2)cc1OCC. The van der Waals surface area contributed by atoms with Crippen molar-refractivity contribution in [3.05, 3.63) is 59.2 Å². The average molecular weight is 400 g/mol. The predicted octanol–water partition coefficient (Wildman–Crippen LogP) is 3.54. The number of nitrogens with zero attached hydrogens (tertiary/aromatic N) is 1. The summed E-state index contributed by atoms with van der Waals surface area (Å²) in [6, 6.07) is 14.4. The van der Waals surface area contributed by atoms with E-state index in [0.717, 1.165) is 36.0 Å². The largest absolute Gasteiger partial charge is 0.490 e. The molecule has 0 aliphatic heterocycles. The van der Waals surface area contributed by atoms with E-state index in [9.17, 15) is 0 Å². The summed E-state index contributed by atoms with van der Waals surface area (Å²) in [5, 5.41) is 6.71. The average Bonchev–Trinajstić information content (AvgIpc) is 2.73. The Hall–Kier alpha value is -2.73. The van der Waals surface area contributed by atoms with E-state index in [2.05, 4.69) is 39.9 Å². The Kier molecular flexibility index (Phi) is 9.86. The quantitative estimate of drug-likeness (QED) is 0.447. The first-order valence-corrected chi connectivity index (χ1v) is 10.1. The van der Waals surface area contributed by atoms with E-state index in [1.165, 1.54) is 11.1 Å². The van der Waals surface area contributed by atoms with Crippen LogP contribution in [0.4, 0.5) is 0 Å². The minimum atomic E-state index is 0.615. The number of nitrogens with one attached hydrogen (secondary N) is 2. The normalized spacial score (nSPS) is 11.2. The monoisotopic (exact) mass is 399 g/mol. The van der Waals surface area contributed by atoms with Gasteiger partial charge in [0.25, 0.3) is 0 Å². The highest BCUT2D eigenvalue weighted by atomic mass is 16.5. The Bertz CT molecular complexity index is 778. The molecule has 0 aliphatic carbocycles. The van der Waals surface area contributed by atoms with Crippen LogP contribution < -0.4 is 20.1 Å². The van der Waals surface area contributed by atoms with Crippen LogP contribution in [0.5, 0.6) is 11.5 Å². The molecular weight excluding hydrogens is 366 g/mol. The number of ether oxygens (including phenoxy) is 3. The van der Waals surface area contributed by atoms with Crippen LogP contribution in [0, 0.1) is 0 Å². The van der Waals surface area contributed by atoms with Crippen molar-refractivity contribution in [2.45, 2.75) is 33.4 Å². The number of guanidine groups is 1. The highest BCUT2D eigenvalue weighted by Gasteiger charge is 2.06. The molecular formula is C23H33N3O3. The lowest BCUT2D eigenvalue weighted by Gasteiger charge is -2.14. The van der Waals surface area contributed by atoms with Crippen LogP contribution in [0.2, 0.25) is 0 Å². The lowest BCUT2D eigenvalue weighted by Crippen LogP contribution is -2.37. The first-order chi connectivity index (χ1) is 14.2. The molecule has 0 radical (unpaired) electrons. The molecule has 0 saturated carbocycles. The van der Waals surface area contributed by atoms with Crippen molar-refractivity contribution in [1.29, 1.82) is 0 Å². The number of hydrogen-bond donors (Lipinski definition) is 2. The highest BCUT2D eigenvalue weighted by molar-refractivity contribution is 5.79. The van der Waals surface area contributed by atoms with Crippen LogP contribution in [0.25, 0.3) is 0 Å². The maximum Gasteiger partial charge on any atom is 0.191 e. The molecule has 0 heterocycles. The molecule has 0 spiro atoms. The summed E-state index contributed by atoms with van der Waals surface area (Å²) in [7, 11) is 3.49. The van der Waals surface area contributed by atoms with Crippen LogP contribution >= 0.6 is 0 Å². The first-order valence-electron chi connectivity index (χ1n) is 10.1. The lowest BCUT2D eigenvalue weighted by atomic mass is 10.1. The first kappa shape index (κ1) is 22.6. The summed E-state index contributed by atoms with van der Waals surface area (Å²) in [6.07, 6.45) is 0.858. The van der Waals surface area contributed by atoms with Gasteiger partial charge in [0, 0.05) is 27.2 Å². The molecule has 2 rings (SSSR count). The predicted molar refractivity (Wildman–Crippen MR) is 118 cm³/mol. The molecule has 0 aromatic heterocycles. The fourth-order valence-electron chi connectivity index (χ4n) is 2.98. The molecule has 2 aromatic rings. The van der Waals surface area contributed by atoms with Gasteiger partial charge in [0.1, 0.15) is 0 Å². The Balaban J connectivity index is 1.85. The molecule has 6 heteroatoms. The third kappa shape index (κ3) is 7.66. The second-order valence-corrected chi connectivity index (χ2v) is 6.50. The molecule has 0 aliphatic rings. The van der Waals surface area contributed by atoms with Crippen LogP contribution in [-0.4, -0.2) is 39.9 Å². The van der Waals surface area contributed by atoms with Crippen molar-refractivity contribution < 1.29 is 14.2 Å². The lowest BCUT2D eigenvalue weighted by molar-refractivity contribution is 0.185. The molecule has 6 nitrogen and oxygen atoms in total. The van der Waals surface area contributed by atoms with Gasteiger partial charge in [-0.25, -0.2) is 0 Å². The zero-order valence-corrected chi connectivity index (χ0v) is 18.0. The van der Waals surface area contributed by atoms with E-state index in [1.807, 2.05) is 32.0 Å². The summed E-state index contributed by atoms with van der Waals surface area (Å²) in [5.41, 5.74) is 3.54. The van der Waals surface area contributed by atoms with E-state index in [-0.39, 0.29) is 0 Å². The second kappa shape index (κ2) is 12.7. The summed E-state index contributed by atoms with van der Waals surface area (Å²) >= 11 is 0. The summed E-state index contributed by atoms with van der Waals surface area (Å²) in [6.45, 7) is 7.27. The third-order valence-corrected chi connectivity index (χ3v) is 4.30. The van der Waals surface area contributed by atoms with Crippen molar-refractivity contribution in [2.75, 3.05) is 33.9 Å². The Morgan fingerprint density at radius 2 is 1.66 bits per heavy atom. The number of aliphatic imine (C=N–C) groups is 1. The summed E-state index contributed by atoms with van der Waals surface area (Å²) < 4.78 is 16.5. The van der Waals surface area contributed by atoms with Gasteiger partial charge in [-0.3, -0.25) is 4.99 Å². The fraction of sp³-hybridized carbons (Fsp3) is 0.435. The zero-order valence-electron chi connectivity index (χ0n) is 18.0. The van der Waals surface area contributed by atoms with Crippen molar-refractivity contribution in [2.24, 2.45) is 4.99 Å². The van der Waals surface area contributed by atoms with Gasteiger partial charge in [-0.15, -0.1) is 0 Å². The van der Waals surface area contributed by atoms with Crippen molar-refractivity contribution >= 4 is 5.96 Å². The van der Waals surface area contributed by atoms with Gasteiger partial charge >= 0.3 is 0 Å². The van der Waals surface area contributed by atoms with Gasteiger partial charge in [-0.05, 0) is 49.1 Å². The maximum absolute atomic E-state index is 5.70. The molecule has 29 heavy (non-hydrogen) atoms. The smallest absolute Gasteiger partial charge is 0.191 e. The number of rotatable bonds is 11. The second-order valence-electron chi connectivity index (χ2n) is 6.50. The molecule has 0 saturated heterocycles. The minimum Gasteiger partial charge on any atom is -0.490 e. The van der Waals surface area contributed by atoms with E-state index in [4.69, 9.17) is 14.2 Å². The van der Waals surface area contributed by atoms with Crippen LogP contribution in [-0.2, 0) is 24.3 Å². The third-order valence-electron chi connectivity index (χ3n) is 4.30. The van der Waals surface area contributed by atoms with Gasteiger partial charge < -0.3 is 24.8 Å². The van der Waals surface area contributed by atoms with Crippen molar-refractivity contribution in [3.63, 3.8) is 0 Å². The molecule has 0 atom stereocenters. The van der Waals surface area contributed by atoms with Gasteiger partial charge in [-0.1, -0.05) is 30.3 Å². The zero-order chi connectivity index (χ0) is 20.9.